The Morgan fingerprint density at radius 3 is 2.68 bits per heavy atom. The highest BCUT2D eigenvalue weighted by atomic mass is 16.5. The van der Waals surface area contributed by atoms with E-state index < -0.39 is 0 Å². The molecule has 0 N–H and O–H groups in total. The number of amides is 1. The van der Waals surface area contributed by atoms with Gasteiger partial charge in [-0.25, -0.2) is 0 Å². The number of carbonyl (C=O) groups is 1. The molecule has 3 heterocycles. The average Bonchev–Trinajstić information content (AvgIpc) is 3.07. The fourth-order valence-electron chi connectivity index (χ4n) is 5.82. The monoisotopic (exact) mass is 340 g/mol. The van der Waals surface area contributed by atoms with Gasteiger partial charge in [-0.05, 0) is 45.3 Å². The van der Waals surface area contributed by atoms with Crippen LogP contribution in [0, 0.1) is 11.8 Å². The fraction of sp³-hybridized carbons (Fsp3) is 0.667. The van der Waals surface area contributed by atoms with Gasteiger partial charge in [0.2, 0.25) is 5.91 Å². The van der Waals surface area contributed by atoms with E-state index in [0.29, 0.717) is 23.8 Å². The third-order valence-corrected chi connectivity index (χ3v) is 7.13. The smallest absolute Gasteiger partial charge is 0.233 e. The molecule has 1 amide bonds. The van der Waals surface area contributed by atoms with E-state index in [0.717, 1.165) is 38.9 Å². The Kier molecular flexibility index (Phi) is 3.36. The number of likely N-dealkylation sites (tertiary alicyclic amines) is 1. The number of benzene rings is 1. The lowest BCUT2D eigenvalue weighted by Crippen LogP contribution is -2.41. The Bertz CT molecular complexity index is 684. The number of fused-ring (bicyclic) bond motifs is 1. The van der Waals surface area contributed by atoms with Gasteiger partial charge < -0.3 is 14.5 Å². The van der Waals surface area contributed by atoms with Gasteiger partial charge in [0.15, 0.2) is 0 Å². The predicted octanol–water partition coefficient (Wildman–Crippen LogP) is 2.29. The van der Waals surface area contributed by atoms with Crippen molar-refractivity contribution in [1.29, 1.82) is 0 Å². The van der Waals surface area contributed by atoms with E-state index in [1.165, 1.54) is 12.0 Å². The van der Waals surface area contributed by atoms with Crippen LogP contribution in [-0.4, -0.2) is 61.1 Å². The van der Waals surface area contributed by atoms with Crippen LogP contribution in [0.4, 0.5) is 0 Å². The van der Waals surface area contributed by atoms with Gasteiger partial charge in [0.25, 0.3) is 0 Å². The summed E-state index contributed by atoms with van der Waals surface area (Å²) in [6.07, 6.45) is 4.70. The van der Waals surface area contributed by atoms with Crippen molar-refractivity contribution in [2.24, 2.45) is 11.8 Å². The van der Waals surface area contributed by atoms with Gasteiger partial charge in [-0.2, -0.15) is 0 Å². The zero-order chi connectivity index (χ0) is 17.2. The Labute approximate surface area is 150 Å². The Morgan fingerprint density at radius 1 is 1.24 bits per heavy atom. The van der Waals surface area contributed by atoms with Crippen molar-refractivity contribution in [2.75, 3.05) is 33.7 Å². The number of rotatable bonds is 4. The molecule has 5 rings (SSSR count). The highest BCUT2D eigenvalue weighted by molar-refractivity contribution is 5.91. The second kappa shape index (κ2) is 5.31. The zero-order valence-corrected chi connectivity index (χ0v) is 15.3. The maximum absolute atomic E-state index is 13.4. The first-order valence-corrected chi connectivity index (χ1v) is 9.72. The Balaban J connectivity index is 1.38. The van der Waals surface area contributed by atoms with E-state index in [1.54, 1.807) is 0 Å². The van der Waals surface area contributed by atoms with E-state index in [9.17, 15) is 4.79 Å². The van der Waals surface area contributed by atoms with E-state index >= 15 is 0 Å². The summed E-state index contributed by atoms with van der Waals surface area (Å²) >= 11 is 0. The summed E-state index contributed by atoms with van der Waals surface area (Å²) < 4.78 is 6.50. The van der Waals surface area contributed by atoms with E-state index in [4.69, 9.17) is 4.74 Å². The number of hydrogen-bond donors (Lipinski definition) is 0. The summed E-state index contributed by atoms with van der Waals surface area (Å²) in [5.74, 6) is 1.44. The highest BCUT2D eigenvalue weighted by Crippen LogP contribution is 2.57. The maximum atomic E-state index is 13.4. The van der Waals surface area contributed by atoms with Gasteiger partial charge in [0.1, 0.15) is 0 Å². The van der Waals surface area contributed by atoms with Crippen LogP contribution in [0.5, 0.6) is 0 Å². The number of carbonyl (C=O) groups excluding carboxylic acids is 1. The SMILES string of the molecule is CN(C)C[C@H]1[C@H]2CN(C(=O)C3(c4ccccc4)CC3)C[C@]23CC[C@H]1O3. The van der Waals surface area contributed by atoms with Crippen LogP contribution in [0.3, 0.4) is 0 Å². The third kappa shape index (κ3) is 2.23. The Morgan fingerprint density at radius 2 is 2.00 bits per heavy atom. The second-order valence-electron chi connectivity index (χ2n) is 8.93. The lowest BCUT2D eigenvalue weighted by atomic mass is 9.73. The van der Waals surface area contributed by atoms with Crippen LogP contribution in [0.25, 0.3) is 0 Å². The van der Waals surface area contributed by atoms with Crippen LogP contribution < -0.4 is 0 Å². The van der Waals surface area contributed by atoms with Crippen LogP contribution in [0.1, 0.15) is 31.2 Å². The van der Waals surface area contributed by atoms with Crippen LogP contribution in [0.15, 0.2) is 30.3 Å². The summed E-state index contributed by atoms with van der Waals surface area (Å²) in [5.41, 5.74) is 0.906. The summed E-state index contributed by atoms with van der Waals surface area (Å²) in [5, 5.41) is 0. The fourth-order valence-corrected chi connectivity index (χ4v) is 5.82. The maximum Gasteiger partial charge on any atom is 0.233 e. The van der Waals surface area contributed by atoms with Gasteiger partial charge in [-0.1, -0.05) is 30.3 Å². The van der Waals surface area contributed by atoms with Crippen molar-refractivity contribution in [3.8, 4) is 0 Å². The quantitative estimate of drug-likeness (QED) is 0.843. The van der Waals surface area contributed by atoms with E-state index in [2.05, 4.69) is 48.2 Å². The van der Waals surface area contributed by atoms with Crippen molar-refractivity contribution in [2.45, 2.75) is 42.8 Å². The number of nitrogens with zero attached hydrogens (tertiary/aromatic N) is 2. The van der Waals surface area contributed by atoms with Gasteiger partial charge in [-0.3, -0.25) is 4.79 Å². The Hall–Kier alpha value is -1.39. The average molecular weight is 340 g/mol. The zero-order valence-electron chi connectivity index (χ0n) is 15.3. The minimum absolute atomic E-state index is 0.0478. The molecule has 1 aromatic rings. The first-order valence-electron chi connectivity index (χ1n) is 9.72. The minimum atomic E-state index is -0.244. The number of ether oxygens (including phenoxy) is 1. The molecule has 1 spiro atoms. The first-order chi connectivity index (χ1) is 12.0. The summed E-state index contributed by atoms with van der Waals surface area (Å²) in [6.45, 7) is 2.77. The molecule has 4 heteroatoms. The van der Waals surface area contributed by atoms with Crippen molar-refractivity contribution in [3.05, 3.63) is 35.9 Å². The molecule has 25 heavy (non-hydrogen) atoms. The molecular weight excluding hydrogens is 312 g/mol. The van der Waals surface area contributed by atoms with Crippen molar-refractivity contribution >= 4 is 5.91 Å². The van der Waals surface area contributed by atoms with E-state index in [-0.39, 0.29) is 11.0 Å². The van der Waals surface area contributed by atoms with Gasteiger partial charge in [-0.15, -0.1) is 0 Å². The lowest BCUT2D eigenvalue weighted by molar-refractivity contribution is -0.134. The molecule has 1 aromatic carbocycles. The van der Waals surface area contributed by atoms with Crippen molar-refractivity contribution < 1.29 is 9.53 Å². The molecule has 2 bridgehead atoms. The second-order valence-corrected chi connectivity index (χ2v) is 8.93. The van der Waals surface area contributed by atoms with Crippen LogP contribution in [-0.2, 0) is 14.9 Å². The molecule has 3 saturated heterocycles. The van der Waals surface area contributed by atoms with Gasteiger partial charge in [0, 0.05) is 24.9 Å². The van der Waals surface area contributed by atoms with Crippen LogP contribution >= 0.6 is 0 Å². The van der Waals surface area contributed by atoms with Crippen molar-refractivity contribution in [1.82, 2.24) is 9.80 Å². The highest BCUT2D eigenvalue weighted by Gasteiger charge is 2.65. The van der Waals surface area contributed by atoms with Crippen molar-refractivity contribution in [3.63, 3.8) is 0 Å². The molecule has 4 fully saturated rings. The minimum Gasteiger partial charge on any atom is -0.369 e. The summed E-state index contributed by atoms with van der Waals surface area (Å²) in [4.78, 5) is 17.8. The topological polar surface area (TPSA) is 32.8 Å². The predicted molar refractivity (Wildman–Crippen MR) is 96.3 cm³/mol. The molecule has 4 atom stereocenters. The normalized spacial score (nSPS) is 37.6. The standard InChI is InChI=1S/C21H28N2O2/c1-22(2)12-16-17-13-23(14-21(17)9-8-18(16)25-21)19(24)20(10-11-20)15-6-4-3-5-7-15/h3-7,16-18H,8-14H2,1-2H3/t16-,17+,18+,21+/m0/s1. The molecule has 0 aromatic heterocycles. The molecule has 4 aliphatic rings. The molecule has 1 saturated carbocycles. The molecule has 0 unspecified atom stereocenters. The van der Waals surface area contributed by atoms with Crippen LogP contribution in [0.2, 0.25) is 0 Å². The van der Waals surface area contributed by atoms with Gasteiger partial charge >= 0.3 is 0 Å². The summed E-state index contributed by atoms with van der Waals surface area (Å²) in [7, 11) is 4.29. The van der Waals surface area contributed by atoms with Gasteiger partial charge in [0.05, 0.1) is 23.7 Å². The third-order valence-electron chi connectivity index (χ3n) is 7.13. The van der Waals surface area contributed by atoms with E-state index in [1.807, 2.05) is 6.07 Å². The molecular formula is C21H28N2O2. The molecule has 3 aliphatic heterocycles. The number of hydrogen-bond acceptors (Lipinski definition) is 3. The molecule has 134 valence electrons. The molecule has 0 radical (unpaired) electrons. The molecule has 4 nitrogen and oxygen atoms in total. The lowest BCUT2D eigenvalue weighted by Gasteiger charge is -2.30. The largest absolute Gasteiger partial charge is 0.369 e. The first kappa shape index (κ1) is 15.8. The summed E-state index contributed by atoms with van der Waals surface area (Å²) in [6, 6.07) is 10.4. The molecule has 1 aliphatic carbocycles.